The fourth-order valence-corrected chi connectivity index (χ4v) is 4.46. The molecule has 0 aliphatic rings. The van der Waals surface area contributed by atoms with Crippen molar-refractivity contribution in [3.8, 4) is 11.5 Å². The normalized spacial score (nSPS) is 12.1. The molecule has 0 unspecified atom stereocenters. The molecule has 3 aromatic rings. The van der Waals surface area contributed by atoms with Gasteiger partial charge in [0.1, 0.15) is 0 Å². The summed E-state index contributed by atoms with van der Waals surface area (Å²) in [6.07, 6.45) is 1.27. The number of carbonyl (C=O) groups is 3. The standard InChI is InChI=1S/C24H25N4O6S/c25-20(29)13-7-12-19(22(31)24-28-27-23(34-24)18-10-5-2-6-11-18)26-21(30)14-15-35(32,33)16-17-8-3-1-4-9-17/h1-6,8-11,14,19H,7,12-13,15-16H2,(H2,25,29)(H,26,30)/t19-/m1/s1. The van der Waals surface area contributed by atoms with Crippen LogP contribution in [0.3, 0.4) is 0 Å². The first-order valence-corrected chi connectivity index (χ1v) is 12.6. The highest BCUT2D eigenvalue weighted by Crippen LogP contribution is 2.18. The molecule has 1 heterocycles. The first kappa shape index (κ1) is 25.8. The van der Waals surface area contributed by atoms with E-state index in [1.807, 2.05) is 6.07 Å². The maximum Gasteiger partial charge on any atom is 0.286 e. The van der Waals surface area contributed by atoms with Gasteiger partial charge in [0, 0.05) is 12.0 Å². The number of nitrogens with one attached hydrogen (secondary N) is 1. The Hall–Kier alpha value is -3.86. The zero-order valence-electron chi connectivity index (χ0n) is 18.8. The summed E-state index contributed by atoms with van der Waals surface area (Å²) in [6, 6.07) is 16.3. The van der Waals surface area contributed by atoms with E-state index in [1.165, 1.54) is 0 Å². The molecular formula is C24H25N4O6S. The summed E-state index contributed by atoms with van der Waals surface area (Å²) >= 11 is 0. The van der Waals surface area contributed by atoms with E-state index in [0.717, 1.165) is 6.42 Å². The van der Waals surface area contributed by atoms with Gasteiger partial charge in [-0.3, -0.25) is 14.4 Å². The topological polar surface area (TPSA) is 162 Å². The van der Waals surface area contributed by atoms with Crippen molar-refractivity contribution in [2.24, 2.45) is 5.73 Å². The second kappa shape index (κ2) is 12.0. The molecule has 10 nitrogen and oxygen atoms in total. The number of Topliss-reactive ketones (excluding diaryl/α,β-unsaturated/α-hetero) is 1. The Morgan fingerprint density at radius 1 is 1.00 bits per heavy atom. The number of sulfone groups is 1. The smallest absolute Gasteiger partial charge is 0.286 e. The van der Waals surface area contributed by atoms with Crippen LogP contribution in [0.1, 0.15) is 35.5 Å². The number of hydrogen-bond acceptors (Lipinski definition) is 8. The van der Waals surface area contributed by atoms with Crippen LogP contribution >= 0.6 is 0 Å². The maximum atomic E-state index is 13.0. The summed E-state index contributed by atoms with van der Waals surface area (Å²) in [6.45, 7) is 0. The van der Waals surface area contributed by atoms with Crippen LogP contribution in [0.2, 0.25) is 0 Å². The van der Waals surface area contributed by atoms with E-state index in [2.05, 4.69) is 15.5 Å². The van der Waals surface area contributed by atoms with Gasteiger partial charge < -0.3 is 15.5 Å². The average molecular weight is 498 g/mol. The summed E-state index contributed by atoms with van der Waals surface area (Å²) in [5.41, 5.74) is 6.39. The number of nitrogens with two attached hydrogens (primary N) is 1. The number of primary amides is 1. The molecule has 0 saturated carbocycles. The Morgan fingerprint density at radius 3 is 2.31 bits per heavy atom. The Morgan fingerprint density at radius 2 is 1.66 bits per heavy atom. The van der Waals surface area contributed by atoms with Gasteiger partial charge >= 0.3 is 0 Å². The third-order valence-corrected chi connectivity index (χ3v) is 6.41. The van der Waals surface area contributed by atoms with Crippen molar-refractivity contribution in [2.75, 3.05) is 5.75 Å². The van der Waals surface area contributed by atoms with Gasteiger partial charge in [0.15, 0.2) is 9.84 Å². The van der Waals surface area contributed by atoms with Crippen molar-refractivity contribution < 1.29 is 27.2 Å². The lowest BCUT2D eigenvalue weighted by atomic mass is 10.0. The molecule has 0 bridgehead atoms. The second-order valence-electron chi connectivity index (χ2n) is 7.81. The van der Waals surface area contributed by atoms with Crippen molar-refractivity contribution in [1.29, 1.82) is 0 Å². The Balaban J connectivity index is 1.65. The molecule has 0 fully saturated rings. The molecule has 35 heavy (non-hydrogen) atoms. The molecule has 0 aliphatic heterocycles. The Bertz CT molecular complexity index is 1260. The highest BCUT2D eigenvalue weighted by Gasteiger charge is 2.27. The molecule has 2 amide bonds. The largest absolute Gasteiger partial charge is 0.414 e. The van der Waals surface area contributed by atoms with E-state index in [-0.39, 0.29) is 36.8 Å². The van der Waals surface area contributed by atoms with Crippen molar-refractivity contribution in [3.05, 3.63) is 78.5 Å². The SMILES string of the molecule is NC(=O)CCC[C@@H](NC(=O)[CH]CS(=O)(=O)Cc1ccccc1)C(=O)c1nnc(-c2ccccc2)o1. The van der Waals surface area contributed by atoms with E-state index in [0.29, 0.717) is 11.1 Å². The summed E-state index contributed by atoms with van der Waals surface area (Å²) in [7, 11) is -3.60. The van der Waals surface area contributed by atoms with Crippen molar-refractivity contribution >= 4 is 27.4 Å². The third-order valence-electron chi connectivity index (χ3n) is 4.96. The lowest BCUT2D eigenvalue weighted by Crippen LogP contribution is -2.42. The fourth-order valence-electron chi connectivity index (χ4n) is 3.24. The number of benzene rings is 2. The maximum absolute atomic E-state index is 13.0. The van der Waals surface area contributed by atoms with E-state index in [9.17, 15) is 22.8 Å². The number of amides is 2. The molecule has 3 rings (SSSR count). The van der Waals surface area contributed by atoms with E-state index < -0.39 is 39.2 Å². The Kier molecular flexibility index (Phi) is 8.85. The number of carbonyl (C=O) groups excluding carboxylic acids is 3. The molecule has 11 heteroatoms. The van der Waals surface area contributed by atoms with Crippen LogP contribution in [0.25, 0.3) is 11.5 Å². The van der Waals surface area contributed by atoms with Crippen LogP contribution < -0.4 is 11.1 Å². The highest BCUT2D eigenvalue weighted by atomic mass is 32.2. The van der Waals surface area contributed by atoms with Crippen molar-refractivity contribution in [3.63, 3.8) is 0 Å². The molecule has 1 radical (unpaired) electrons. The number of aromatic nitrogens is 2. The van der Waals surface area contributed by atoms with Gasteiger partial charge in [-0.25, -0.2) is 8.42 Å². The van der Waals surface area contributed by atoms with Crippen LogP contribution in [-0.2, 0) is 25.2 Å². The summed E-state index contributed by atoms with van der Waals surface area (Å²) in [5.74, 6) is -2.86. The molecule has 2 aromatic carbocycles. The van der Waals surface area contributed by atoms with Gasteiger partial charge in [-0.1, -0.05) is 48.5 Å². The van der Waals surface area contributed by atoms with Gasteiger partial charge in [0.05, 0.1) is 24.0 Å². The minimum atomic E-state index is -3.60. The molecule has 3 N–H and O–H groups in total. The van der Waals surface area contributed by atoms with Gasteiger partial charge in [0.25, 0.3) is 5.89 Å². The molecule has 0 aliphatic carbocycles. The number of nitrogens with zero attached hydrogens (tertiary/aromatic N) is 2. The van der Waals surface area contributed by atoms with E-state index in [4.69, 9.17) is 10.2 Å². The molecule has 0 spiro atoms. The van der Waals surface area contributed by atoms with Gasteiger partial charge in [-0.2, -0.15) is 0 Å². The molecule has 0 saturated heterocycles. The van der Waals surface area contributed by atoms with Gasteiger partial charge in [0.2, 0.25) is 23.5 Å². The van der Waals surface area contributed by atoms with Crippen molar-refractivity contribution in [2.45, 2.75) is 31.1 Å². The molecule has 1 atom stereocenters. The lowest BCUT2D eigenvalue weighted by molar-refractivity contribution is -0.118. The highest BCUT2D eigenvalue weighted by molar-refractivity contribution is 7.90. The zero-order valence-corrected chi connectivity index (χ0v) is 19.6. The van der Waals surface area contributed by atoms with Gasteiger partial charge in [-0.15, -0.1) is 10.2 Å². The molecule has 183 valence electrons. The first-order chi connectivity index (χ1) is 16.7. The second-order valence-corrected chi connectivity index (χ2v) is 9.92. The van der Waals surface area contributed by atoms with Crippen LogP contribution in [0, 0.1) is 6.42 Å². The Labute approximate surface area is 202 Å². The van der Waals surface area contributed by atoms with Crippen LogP contribution in [0.15, 0.2) is 65.1 Å². The van der Waals surface area contributed by atoms with Crippen LogP contribution in [0.5, 0.6) is 0 Å². The molecular weight excluding hydrogens is 472 g/mol. The quantitative estimate of drug-likeness (QED) is 0.338. The van der Waals surface area contributed by atoms with Gasteiger partial charge in [-0.05, 0) is 30.5 Å². The predicted octanol–water partition coefficient (Wildman–Crippen LogP) is 1.88. The van der Waals surface area contributed by atoms with Crippen LogP contribution in [-0.4, -0.2) is 48.0 Å². The molecule has 1 aromatic heterocycles. The first-order valence-electron chi connectivity index (χ1n) is 10.8. The zero-order chi connectivity index (χ0) is 25.3. The third kappa shape index (κ3) is 8.14. The number of rotatable bonds is 13. The average Bonchev–Trinajstić information content (AvgIpc) is 3.33. The van der Waals surface area contributed by atoms with Crippen LogP contribution in [0.4, 0.5) is 0 Å². The summed E-state index contributed by atoms with van der Waals surface area (Å²) in [4.78, 5) is 36.6. The number of ketones is 1. The monoisotopic (exact) mass is 497 g/mol. The minimum absolute atomic E-state index is 0.00786. The fraction of sp³-hybridized carbons (Fsp3) is 0.250. The lowest BCUT2D eigenvalue weighted by Gasteiger charge is -2.15. The minimum Gasteiger partial charge on any atom is -0.414 e. The number of hydrogen-bond donors (Lipinski definition) is 2. The summed E-state index contributed by atoms with van der Waals surface area (Å²) < 4.78 is 30.2. The predicted molar refractivity (Wildman–Crippen MR) is 127 cm³/mol. The van der Waals surface area contributed by atoms with E-state index >= 15 is 0 Å². The van der Waals surface area contributed by atoms with E-state index in [1.54, 1.807) is 54.6 Å². The van der Waals surface area contributed by atoms with Crippen molar-refractivity contribution in [1.82, 2.24) is 15.5 Å². The summed E-state index contributed by atoms with van der Waals surface area (Å²) in [5, 5.41) is 10.1.